The van der Waals surface area contributed by atoms with Crippen LogP contribution < -0.4 is 5.32 Å². The van der Waals surface area contributed by atoms with E-state index in [1.54, 1.807) is 31.9 Å². The summed E-state index contributed by atoms with van der Waals surface area (Å²) in [5.41, 5.74) is 0.000989. The minimum atomic E-state index is -0.677. The average molecular weight is 466 g/mol. The highest BCUT2D eigenvalue weighted by Gasteiger charge is 2.39. The first-order valence-electron chi connectivity index (χ1n) is 12.4. The van der Waals surface area contributed by atoms with Crippen LogP contribution in [-0.4, -0.2) is 72.0 Å². The van der Waals surface area contributed by atoms with E-state index in [1.165, 1.54) is 0 Å². The van der Waals surface area contributed by atoms with Gasteiger partial charge in [0.25, 0.3) is 0 Å². The highest BCUT2D eigenvalue weighted by atomic mass is 16.5. The summed E-state index contributed by atoms with van der Waals surface area (Å²) >= 11 is 0. The van der Waals surface area contributed by atoms with Gasteiger partial charge in [-0.25, -0.2) is 4.79 Å². The third-order valence-electron chi connectivity index (χ3n) is 6.41. The van der Waals surface area contributed by atoms with Crippen LogP contribution in [0.2, 0.25) is 0 Å². The van der Waals surface area contributed by atoms with Crippen molar-refractivity contribution in [2.24, 2.45) is 11.3 Å². The number of nitrogens with one attached hydrogen (secondary N) is 1. The van der Waals surface area contributed by atoms with Crippen LogP contribution >= 0.6 is 0 Å². The van der Waals surface area contributed by atoms with Gasteiger partial charge in [-0.05, 0) is 58.4 Å². The zero-order valence-electron chi connectivity index (χ0n) is 22.5. The molecular weight excluding hydrogens is 418 g/mol. The van der Waals surface area contributed by atoms with E-state index in [0.29, 0.717) is 12.2 Å². The average Bonchev–Trinajstić information content (AvgIpc) is 2.73. The van der Waals surface area contributed by atoms with E-state index in [2.05, 4.69) is 24.1 Å². The summed E-state index contributed by atoms with van der Waals surface area (Å²) in [6, 6.07) is -0.920. The first-order valence-corrected chi connectivity index (χ1v) is 12.4. The van der Waals surface area contributed by atoms with Gasteiger partial charge in [-0.3, -0.25) is 14.5 Å². The second kappa shape index (κ2) is 12.5. The first-order chi connectivity index (χ1) is 15.2. The summed E-state index contributed by atoms with van der Waals surface area (Å²) in [6.45, 7) is 18.8. The molecule has 0 spiro atoms. The van der Waals surface area contributed by atoms with Crippen molar-refractivity contribution < 1.29 is 19.1 Å². The van der Waals surface area contributed by atoms with Gasteiger partial charge in [-0.15, -0.1) is 0 Å². The first kappa shape index (κ1) is 29.1. The number of ether oxygens (including phenoxy) is 1. The van der Waals surface area contributed by atoms with Crippen molar-refractivity contribution in [3.05, 3.63) is 11.6 Å². The molecule has 190 valence electrons. The van der Waals surface area contributed by atoms with Crippen molar-refractivity contribution in [1.29, 1.82) is 0 Å². The van der Waals surface area contributed by atoms with E-state index in [9.17, 15) is 14.4 Å². The second-order valence-corrected chi connectivity index (χ2v) is 10.9. The number of esters is 1. The predicted molar refractivity (Wildman–Crippen MR) is 133 cm³/mol. The Hall–Kier alpha value is -1.89. The minimum absolute atomic E-state index is 0.0782. The molecule has 33 heavy (non-hydrogen) atoms. The molecule has 0 aromatic heterocycles. The van der Waals surface area contributed by atoms with Crippen molar-refractivity contribution in [1.82, 2.24) is 15.1 Å². The van der Waals surface area contributed by atoms with Crippen LogP contribution in [0.3, 0.4) is 0 Å². The Labute approximate surface area is 201 Å². The fourth-order valence-electron chi connectivity index (χ4n) is 4.41. The van der Waals surface area contributed by atoms with Gasteiger partial charge in [0.1, 0.15) is 6.04 Å². The molecule has 0 saturated carbocycles. The summed E-state index contributed by atoms with van der Waals surface area (Å²) < 4.78 is 5.10. The van der Waals surface area contributed by atoms with Crippen molar-refractivity contribution in [3.8, 4) is 0 Å². The third kappa shape index (κ3) is 8.13. The topological polar surface area (TPSA) is 79.0 Å². The number of rotatable bonds is 9. The molecule has 1 aliphatic heterocycles. The van der Waals surface area contributed by atoms with Crippen molar-refractivity contribution in [2.75, 3.05) is 20.2 Å². The molecule has 1 saturated heterocycles. The molecule has 0 aromatic carbocycles. The van der Waals surface area contributed by atoms with E-state index < -0.39 is 11.5 Å². The van der Waals surface area contributed by atoms with Gasteiger partial charge in [0.05, 0.1) is 18.7 Å². The number of hydrogen-bond donors (Lipinski definition) is 1. The Morgan fingerprint density at radius 2 is 1.76 bits per heavy atom. The number of piperidine rings is 1. The van der Waals surface area contributed by atoms with Crippen LogP contribution in [0.4, 0.5) is 0 Å². The van der Waals surface area contributed by atoms with Gasteiger partial charge in [0.15, 0.2) is 0 Å². The number of nitrogens with zero attached hydrogens (tertiary/aromatic N) is 2. The number of carbonyl (C=O) groups is 3. The summed E-state index contributed by atoms with van der Waals surface area (Å²) in [7, 11) is 1.74. The fourth-order valence-corrected chi connectivity index (χ4v) is 4.41. The molecule has 1 aliphatic rings. The largest absolute Gasteiger partial charge is 0.463 e. The third-order valence-corrected chi connectivity index (χ3v) is 6.41. The molecule has 3 atom stereocenters. The Kier molecular flexibility index (Phi) is 11.1. The van der Waals surface area contributed by atoms with Crippen LogP contribution in [0.5, 0.6) is 0 Å². The van der Waals surface area contributed by atoms with E-state index >= 15 is 0 Å². The molecule has 2 amide bonds. The zero-order chi connectivity index (χ0) is 25.5. The molecule has 1 N–H and O–H groups in total. The lowest BCUT2D eigenvalue weighted by atomic mass is 9.84. The Morgan fingerprint density at radius 1 is 1.15 bits per heavy atom. The molecule has 1 unspecified atom stereocenters. The maximum atomic E-state index is 13.7. The van der Waals surface area contributed by atoms with Gasteiger partial charge in [-0.2, -0.15) is 0 Å². The molecule has 0 radical (unpaired) electrons. The van der Waals surface area contributed by atoms with Crippen molar-refractivity contribution in [2.45, 2.75) is 106 Å². The maximum Gasteiger partial charge on any atom is 0.333 e. The van der Waals surface area contributed by atoms with Gasteiger partial charge < -0.3 is 15.0 Å². The minimum Gasteiger partial charge on any atom is -0.463 e. The molecule has 7 nitrogen and oxygen atoms in total. The molecule has 0 aliphatic carbocycles. The quantitative estimate of drug-likeness (QED) is 0.414. The lowest BCUT2D eigenvalue weighted by Crippen LogP contribution is -2.60. The van der Waals surface area contributed by atoms with Crippen LogP contribution in [0, 0.1) is 11.3 Å². The Bertz CT molecular complexity index is 709. The highest BCUT2D eigenvalue weighted by Crippen LogP contribution is 2.26. The Balaban J connectivity index is 3.15. The molecule has 1 fully saturated rings. The van der Waals surface area contributed by atoms with Crippen molar-refractivity contribution >= 4 is 17.8 Å². The molecule has 0 bridgehead atoms. The standard InChI is InChI=1S/C26H47N3O4/c1-11-33-25(32)19(6)16-21(17(2)3)28(10)24(31)22(26(7,8)9)27-23(30)20-14-12-13-15-29(20)18(4)5/h16-18,20-22H,11-15H2,1-10H3,(H,27,30)/b19-16+/t20?,21-,22+/m1/s1. The molecule has 7 heteroatoms. The SMILES string of the molecule is CCOC(=O)/C(C)=C/[C@H](C(C)C)N(C)C(=O)[C@H](NC(=O)C1CCCCN1C(C)C)C(C)(C)C. The van der Waals surface area contributed by atoms with Crippen molar-refractivity contribution in [3.63, 3.8) is 0 Å². The zero-order valence-corrected chi connectivity index (χ0v) is 22.5. The number of likely N-dealkylation sites (tertiary alicyclic amines) is 1. The van der Waals surface area contributed by atoms with E-state index in [4.69, 9.17) is 4.74 Å². The van der Waals surface area contributed by atoms with Crippen LogP contribution in [-0.2, 0) is 19.1 Å². The molecule has 1 rings (SSSR count). The van der Waals surface area contributed by atoms with E-state index in [1.807, 2.05) is 34.6 Å². The Morgan fingerprint density at radius 3 is 2.24 bits per heavy atom. The lowest BCUT2D eigenvalue weighted by molar-refractivity contribution is -0.142. The summed E-state index contributed by atoms with van der Waals surface area (Å²) in [5.74, 6) is -0.538. The number of likely N-dealkylation sites (N-methyl/N-ethyl adjacent to an activating group) is 1. The van der Waals surface area contributed by atoms with Gasteiger partial charge in [-0.1, -0.05) is 47.1 Å². The second-order valence-electron chi connectivity index (χ2n) is 10.9. The van der Waals surface area contributed by atoms with Gasteiger partial charge >= 0.3 is 5.97 Å². The molecule has 0 aromatic rings. The van der Waals surface area contributed by atoms with Crippen LogP contribution in [0.15, 0.2) is 11.6 Å². The van der Waals surface area contributed by atoms with Crippen LogP contribution in [0.1, 0.15) is 81.6 Å². The lowest BCUT2D eigenvalue weighted by Gasteiger charge is -2.41. The summed E-state index contributed by atoms with van der Waals surface area (Å²) in [4.78, 5) is 43.1. The van der Waals surface area contributed by atoms with E-state index in [-0.39, 0.29) is 41.8 Å². The number of hydrogen-bond acceptors (Lipinski definition) is 5. The summed E-state index contributed by atoms with van der Waals surface area (Å²) in [5, 5.41) is 3.10. The van der Waals surface area contributed by atoms with Gasteiger partial charge in [0, 0.05) is 18.7 Å². The number of amides is 2. The smallest absolute Gasteiger partial charge is 0.333 e. The molecular formula is C26H47N3O4. The molecule has 1 heterocycles. The van der Waals surface area contributed by atoms with E-state index in [0.717, 1.165) is 25.8 Å². The number of carbonyl (C=O) groups excluding carboxylic acids is 3. The maximum absolute atomic E-state index is 13.7. The van der Waals surface area contributed by atoms with Gasteiger partial charge in [0.2, 0.25) is 11.8 Å². The predicted octanol–water partition coefficient (Wildman–Crippen LogP) is 3.77. The summed E-state index contributed by atoms with van der Waals surface area (Å²) in [6.07, 6.45) is 4.71. The fraction of sp³-hybridized carbons (Fsp3) is 0.808. The highest BCUT2D eigenvalue weighted by molar-refractivity contribution is 5.91. The van der Waals surface area contributed by atoms with Crippen LogP contribution in [0.25, 0.3) is 0 Å². The monoisotopic (exact) mass is 465 g/mol. The normalized spacial score (nSPS) is 19.9.